The van der Waals surface area contributed by atoms with E-state index in [1.807, 2.05) is 26.8 Å². The Bertz CT molecular complexity index is 841. The Balaban J connectivity index is 2.23. The normalized spacial score (nSPS) is 10.9. The van der Waals surface area contributed by atoms with Crippen LogP contribution < -0.4 is 19.5 Å². The number of para-hydroxylation sites is 2. The van der Waals surface area contributed by atoms with Gasteiger partial charge in [0.2, 0.25) is 0 Å². The van der Waals surface area contributed by atoms with Crippen molar-refractivity contribution in [1.29, 1.82) is 0 Å². The molecule has 0 aromatic heterocycles. The van der Waals surface area contributed by atoms with Gasteiger partial charge in [-0.25, -0.2) is 4.79 Å². The molecule has 150 valence electrons. The standard InChI is InChI=1S/C21H25NO6/c1-5-26-18-12-14(10-11-17(18)27-13-19(23)24)20(25)22-15-8-6-7-9-16(15)28-21(2,3)4/h6-12H,5,13H2,1-4H3,(H,22,25)(H,23,24). The number of rotatable bonds is 8. The van der Waals surface area contributed by atoms with Crippen LogP contribution in [0.3, 0.4) is 0 Å². The summed E-state index contributed by atoms with van der Waals surface area (Å²) < 4.78 is 16.6. The van der Waals surface area contributed by atoms with Gasteiger partial charge in [-0.15, -0.1) is 0 Å². The van der Waals surface area contributed by atoms with E-state index in [-0.39, 0.29) is 11.7 Å². The molecule has 0 heterocycles. The molecular formula is C21H25NO6. The smallest absolute Gasteiger partial charge is 0.341 e. The number of ether oxygens (including phenoxy) is 3. The molecule has 0 saturated carbocycles. The highest BCUT2D eigenvalue weighted by atomic mass is 16.5. The minimum atomic E-state index is -1.10. The lowest BCUT2D eigenvalue weighted by Gasteiger charge is -2.23. The summed E-state index contributed by atoms with van der Waals surface area (Å²) in [5.41, 5.74) is 0.481. The number of carbonyl (C=O) groups is 2. The van der Waals surface area contributed by atoms with Crippen LogP contribution in [0.15, 0.2) is 42.5 Å². The van der Waals surface area contributed by atoms with Crippen molar-refractivity contribution in [2.75, 3.05) is 18.5 Å². The minimum absolute atomic E-state index is 0.261. The molecule has 7 heteroatoms. The largest absolute Gasteiger partial charge is 0.490 e. The maximum absolute atomic E-state index is 12.7. The fourth-order valence-electron chi connectivity index (χ4n) is 2.36. The topological polar surface area (TPSA) is 94.1 Å². The van der Waals surface area contributed by atoms with Gasteiger partial charge < -0.3 is 24.6 Å². The highest BCUT2D eigenvalue weighted by Gasteiger charge is 2.17. The predicted molar refractivity (Wildman–Crippen MR) is 106 cm³/mol. The van der Waals surface area contributed by atoms with Gasteiger partial charge in [-0.05, 0) is 58.0 Å². The van der Waals surface area contributed by atoms with Crippen LogP contribution in [0.4, 0.5) is 5.69 Å². The summed E-state index contributed by atoms with van der Waals surface area (Å²) in [7, 11) is 0. The maximum Gasteiger partial charge on any atom is 0.341 e. The van der Waals surface area contributed by atoms with Crippen LogP contribution in [0.2, 0.25) is 0 Å². The van der Waals surface area contributed by atoms with Crippen molar-refractivity contribution in [2.45, 2.75) is 33.3 Å². The number of nitrogens with one attached hydrogen (secondary N) is 1. The average molecular weight is 387 g/mol. The first-order chi connectivity index (χ1) is 13.2. The molecule has 0 radical (unpaired) electrons. The van der Waals surface area contributed by atoms with E-state index in [1.54, 1.807) is 31.2 Å². The van der Waals surface area contributed by atoms with Crippen molar-refractivity contribution >= 4 is 17.6 Å². The maximum atomic E-state index is 12.7. The van der Waals surface area contributed by atoms with Gasteiger partial charge in [-0.2, -0.15) is 0 Å². The van der Waals surface area contributed by atoms with Gasteiger partial charge >= 0.3 is 5.97 Å². The molecule has 7 nitrogen and oxygen atoms in total. The van der Waals surface area contributed by atoms with Crippen molar-refractivity contribution in [1.82, 2.24) is 0 Å². The number of carboxylic acids is 1. The second-order valence-corrected chi connectivity index (χ2v) is 6.94. The number of aliphatic carboxylic acids is 1. The Morgan fingerprint density at radius 3 is 2.36 bits per heavy atom. The van der Waals surface area contributed by atoms with Crippen LogP contribution in [-0.4, -0.2) is 35.8 Å². The van der Waals surface area contributed by atoms with Crippen LogP contribution in [-0.2, 0) is 4.79 Å². The fraction of sp³-hybridized carbons (Fsp3) is 0.333. The van der Waals surface area contributed by atoms with Crippen LogP contribution in [0.25, 0.3) is 0 Å². The van der Waals surface area contributed by atoms with Crippen molar-refractivity contribution < 1.29 is 28.9 Å². The van der Waals surface area contributed by atoms with E-state index in [4.69, 9.17) is 19.3 Å². The molecule has 0 spiro atoms. The van der Waals surface area contributed by atoms with E-state index in [0.29, 0.717) is 29.4 Å². The average Bonchev–Trinajstić information content (AvgIpc) is 2.61. The zero-order valence-corrected chi connectivity index (χ0v) is 16.4. The molecule has 2 N–H and O–H groups in total. The number of hydrogen-bond acceptors (Lipinski definition) is 5. The van der Waals surface area contributed by atoms with Crippen molar-refractivity contribution in [2.24, 2.45) is 0 Å². The molecule has 0 saturated heterocycles. The van der Waals surface area contributed by atoms with Gasteiger partial charge in [0.05, 0.1) is 12.3 Å². The van der Waals surface area contributed by atoms with Crippen LogP contribution in [0, 0.1) is 0 Å². The first kappa shape index (κ1) is 21.1. The number of amides is 1. The molecule has 0 fully saturated rings. The number of anilines is 1. The van der Waals surface area contributed by atoms with E-state index < -0.39 is 18.2 Å². The number of carbonyl (C=O) groups excluding carboxylic acids is 1. The monoisotopic (exact) mass is 387 g/mol. The van der Waals surface area contributed by atoms with Gasteiger partial charge in [0.1, 0.15) is 11.4 Å². The third kappa shape index (κ3) is 6.19. The summed E-state index contributed by atoms with van der Waals surface area (Å²) in [5, 5.41) is 11.6. The zero-order chi connectivity index (χ0) is 20.7. The number of carboxylic acid groups (broad SMARTS) is 1. The molecule has 0 unspecified atom stereocenters. The first-order valence-electron chi connectivity index (χ1n) is 8.90. The van der Waals surface area contributed by atoms with Gasteiger partial charge in [0, 0.05) is 5.56 Å². The lowest BCUT2D eigenvalue weighted by atomic mass is 10.1. The van der Waals surface area contributed by atoms with E-state index >= 15 is 0 Å². The van der Waals surface area contributed by atoms with E-state index in [2.05, 4.69) is 5.32 Å². The van der Waals surface area contributed by atoms with E-state index in [0.717, 1.165) is 0 Å². The number of hydrogen-bond donors (Lipinski definition) is 2. The van der Waals surface area contributed by atoms with Crippen LogP contribution >= 0.6 is 0 Å². The summed E-state index contributed by atoms with van der Waals surface area (Å²) in [5.74, 6) is -0.321. The summed E-state index contributed by atoms with van der Waals surface area (Å²) in [6.07, 6.45) is 0. The van der Waals surface area contributed by atoms with Crippen molar-refractivity contribution in [3.05, 3.63) is 48.0 Å². The van der Waals surface area contributed by atoms with E-state index in [1.165, 1.54) is 12.1 Å². The summed E-state index contributed by atoms with van der Waals surface area (Å²) in [6, 6.07) is 11.8. The molecular weight excluding hydrogens is 362 g/mol. The Kier molecular flexibility index (Phi) is 6.87. The van der Waals surface area contributed by atoms with Gasteiger partial charge in [0.15, 0.2) is 18.1 Å². The second-order valence-electron chi connectivity index (χ2n) is 6.94. The highest BCUT2D eigenvalue weighted by Crippen LogP contribution is 2.31. The summed E-state index contributed by atoms with van der Waals surface area (Å²) >= 11 is 0. The molecule has 0 aliphatic heterocycles. The third-order valence-electron chi connectivity index (χ3n) is 3.41. The second kappa shape index (κ2) is 9.12. The molecule has 1 amide bonds. The summed E-state index contributed by atoms with van der Waals surface area (Å²) in [4.78, 5) is 23.4. The molecule has 0 bridgehead atoms. The van der Waals surface area contributed by atoms with Crippen LogP contribution in [0.1, 0.15) is 38.1 Å². The Labute approximate surface area is 164 Å². The lowest BCUT2D eigenvalue weighted by molar-refractivity contribution is -0.139. The van der Waals surface area contributed by atoms with Gasteiger partial charge in [-0.1, -0.05) is 12.1 Å². The fourth-order valence-corrected chi connectivity index (χ4v) is 2.36. The first-order valence-corrected chi connectivity index (χ1v) is 8.90. The minimum Gasteiger partial charge on any atom is -0.490 e. The molecule has 2 rings (SSSR count). The van der Waals surface area contributed by atoms with Crippen LogP contribution in [0.5, 0.6) is 17.2 Å². The lowest BCUT2D eigenvalue weighted by Crippen LogP contribution is -2.24. The van der Waals surface area contributed by atoms with Gasteiger partial charge in [0.25, 0.3) is 5.91 Å². The Morgan fingerprint density at radius 1 is 1.00 bits per heavy atom. The Hall–Kier alpha value is -3.22. The summed E-state index contributed by atoms with van der Waals surface area (Å²) in [6.45, 7) is 7.41. The van der Waals surface area contributed by atoms with Gasteiger partial charge in [-0.3, -0.25) is 4.79 Å². The number of benzene rings is 2. The molecule has 0 aliphatic rings. The Morgan fingerprint density at radius 2 is 1.71 bits per heavy atom. The quantitative estimate of drug-likeness (QED) is 0.712. The third-order valence-corrected chi connectivity index (χ3v) is 3.41. The highest BCUT2D eigenvalue weighted by molar-refractivity contribution is 6.05. The molecule has 0 atom stereocenters. The molecule has 28 heavy (non-hydrogen) atoms. The zero-order valence-electron chi connectivity index (χ0n) is 16.4. The molecule has 2 aromatic rings. The van der Waals surface area contributed by atoms with E-state index in [9.17, 15) is 9.59 Å². The SMILES string of the molecule is CCOc1cc(C(=O)Nc2ccccc2OC(C)(C)C)ccc1OCC(=O)O. The van der Waals surface area contributed by atoms with Crippen molar-refractivity contribution in [3.63, 3.8) is 0 Å². The molecule has 2 aromatic carbocycles. The molecule has 0 aliphatic carbocycles. The predicted octanol–water partition coefficient (Wildman–Crippen LogP) is 3.98. The van der Waals surface area contributed by atoms with Crippen molar-refractivity contribution in [3.8, 4) is 17.2 Å².